The van der Waals surface area contributed by atoms with Crippen molar-refractivity contribution in [2.24, 2.45) is 15.9 Å². The van der Waals surface area contributed by atoms with Crippen molar-refractivity contribution < 1.29 is 9.59 Å². The van der Waals surface area contributed by atoms with Crippen LogP contribution in [0.1, 0.15) is 84.3 Å². The highest BCUT2D eigenvalue weighted by Gasteiger charge is 2.33. The van der Waals surface area contributed by atoms with E-state index in [9.17, 15) is 9.59 Å². The number of rotatable bonds is 2. The number of aromatic nitrogens is 2. The molecule has 0 saturated heterocycles. The molecule has 2 aliphatic carbocycles. The molecule has 2 saturated carbocycles. The fourth-order valence-electron chi connectivity index (χ4n) is 4.39. The van der Waals surface area contributed by atoms with Crippen molar-refractivity contribution >= 4 is 29.4 Å². The monoisotopic (exact) mass is 412 g/mol. The average molecular weight is 413 g/mol. The smallest absolute Gasteiger partial charge is 0.320 e. The Kier molecular flexibility index (Phi) is 5.75. The van der Waals surface area contributed by atoms with Crippen LogP contribution in [0.15, 0.2) is 16.1 Å². The highest BCUT2D eigenvalue weighted by atomic mass is 16.2. The van der Waals surface area contributed by atoms with Crippen molar-refractivity contribution in [3.05, 3.63) is 11.8 Å². The van der Waals surface area contributed by atoms with Crippen LogP contribution in [0.2, 0.25) is 0 Å². The second-order valence-electron chi connectivity index (χ2n) is 9.66. The molecular weight excluding hydrogens is 380 g/mol. The van der Waals surface area contributed by atoms with Crippen molar-refractivity contribution in [1.82, 2.24) is 15.1 Å². The first-order valence-corrected chi connectivity index (χ1v) is 11.2. The summed E-state index contributed by atoms with van der Waals surface area (Å²) in [6, 6.07) is 1.80. The number of fused-ring (bicyclic) bond motifs is 1. The van der Waals surface area contributed by atoms with Gasteiger partial charge in [-0.05, 0) is 32.1 Å². The van der Waals surface area contributed by atoms with E-state index in [-0.39, 0.29) is 35.3 Å². The SMILES string of the molecule is CC(C)(C)c1cc(NC(=O)NC2CCCCC2)n(C2=NC(=O)C3CCCCC3=N2)n1. The first-order chi connectivity index (χ1) is 14.3. The summed E-state index contributed by atoms with van der Waals surface area (Å²) in [7, 11) is 0. The number of carbonyl (C=O) groups is 2. The maximum atomic E-state index is 12.7. The zero-order valence-corrected chi connectivity index (χ0v) is 18.2. The third-order valence-electron chi connectivity index (χ3n) is 6.18. The van der Waals surface area contributed by atoms with Crippen LogP contribution in [-0.4, -0.2) is 39.4 Å². The molecule has 1 unspecified atom stereocenters. The van der Waals surface area contributed by atoms with Gasteiger partial charge in [-0.2, -0.15) is 14.8 Å². The lowest BCUT2D eigenvalue weighted by atomic mass is 9.86. The fourth-order valence-corrected chi connectivity index (χ4v) is 4.39. The van der Waals surface area contributed by atoms with E-state index in [0.29, 0.717) is 5.82 Å². The number of amides is 3. The molecule has 1 aliphatic heterocycles. The maximum absolute atomic E-state index is 12.7. The van der Waals surface area contributed by atoms with Gasteiger partial charge in [0.2, 0.25) is 0 Å². The van der Waals surface area contributed by atoms with Gasteiger partial charge in [0, 0.05) is 23.2 Å². The summed E-state index contributed by atoms with van der Waals surface area (Å²) in [6.07, 6.45) is 9.25. The molecule has 8 nitrogen and oxygen atoms in total. The van der Waals surface area contributed by atoms with Crippen LogP contribution in [0.5, 0.6) is 0 Å². The van der Waals surface area contributed by atoms with Crippen LogP contribution in [0.3, 0.4) is 0 Å². The number of hydrogen-bond acceptors (Lipinski definition) is 4. The lowest BCUT2D eigenvalue weighted by Gasteiger charge is -2.25. The van der Waals surface area contributed by atoms with Crippen LogP contribution in [0.25, 0.3) is 0 Å². The summed E-state index contributed by atoms with van der Waals surface area (Å²) in [5, 5.41) is 10.7. The number of nitrogens with one attached hydrogen (secondary N) is 2. The van der Waals surface area contributed by atoms with Crippen LogP contribution in [0.4, 0.5) is 10.6 Å². The molecule has 162 valence electrons. The minimum absolute atomic E-state index is 0.153. The van der Waals surface area contributed by atoms with Crippen molar-refractivity contribution in [3.63, 3.8) is 0 Å². The Morgan fingerprint density at radius 3 is 2.53 bits per heavy atom. The Balaban J connectivity index is 1.60. The molecule has 3 aliphatic rings. The predicted octanol–water partition coefficient (Wildman–Crippen LogP) is 4.01. The average Bonchev–Trinajstić information content (AvgIpc) is 3.13. The quantitative estimate of drug-likeness (QED) is 0.767. The molecule has 4 rings (SSSR count). The van der Waals surface area contributed by atoms with Gasteiger partial charge in [-0.25, -0.2) is 9.79 Å². The van der Waals surface area contributed by atoms with E-state index < -0.39 is 0 Å². The largest absolute Gasteiger partial charge is 0.335 e. The number of nitrogens with zero attached hydrogens (tertiary/aromatic N) is 4. The first kappa shape index (κ1) is 20.8. The molecule has 1 atom stereocenters. The normalized spacial score (nSPS) is 22.8. The van der Waals surface area contributed by atoms with Gasteiger partial charge in [-0.3, -0.25) is 10.1 Å². The highest BCUT2D eigenvalue weighted by molar-refractivity contribution is 6.16. The van der Waals surface area contributed by atoms with Crippen molar-refractivity contribution in [2.45, 2.75) is 90.0 Å². The second kappa shape index (κ2) is 8.32. The Morgan fingerprint density at radius 1 is 1.07 bits per heavy atom. The zero-order chi connectivity index (χ0) is 21.3. The number of urea groups is 1. The minimum atomic E-state index is -0.255. The number of aliphatic imine (C=N–C) groups is 2. The zero-order valence-electron chi connectivity index (χ0n) is 18.2. The van der Waals surface area contributed by atoms with Gasteiger partial charge >= 0.3 is 6.03 Å². The molecule has 1 aromatic heterocycles. The summed E-state index contributed by atoms with van der Waals surface area (Å²) in [6.45, 7) is 6.17. The fraction of sp³-hybridized carbons (Fsp3) is 0.682. The summed E-state index contributed by atoms with van der Waals surface area (Å²) >= 11 is 0. The molecule has 8 heteroatoms. The van der Waals surface area contributed by atoms with Crippen LogP contribution < -0.4 is 10.6 Å². The summed E-state index contributed by atoms with van der Waals surface area (Å²) in [4.78, 5) is 34.2. The Morgan fingerprint density at radius 2 is 1.80 bits per heavy atom. The molecule has 0 bridgehead atoms. The third kappa shape index (κ3) is 4.47. The van der Waals surface area contributed by atoms with Crippen molar-refractivity contribution in [1.29, 1.82) is 0 Å². The van der Waals surface area contributed by atoms with Gasteiger partial charge in [0.1, 0.15) is 5.82 Å². The minimum Gasteiger partial charge on any atom is -0.335 e. The lowest BCUT2D eigenvalue weighted by molar-refractivity contribution is -0.120. The second-order valence-corrected chi connectivity index (χ2v) is 9.66. The number of carbonyl (C=O) groups excluding carboxylic acids is 2. The molecule has 2 N–H and O–H groups in total. The van der Waals surface area contributed by atoms with E-state index in [2.05, 4.69) is 46.5 Å². The van der Waals surface area contributed by atoms with E-state index in [4.69, 9.17) is 0 Å². The summed E-state index contributed by atoms with van der Waals surface area (Å²) < 4.78 is 1.51. The molecular formula is C22H32N6O2. The Hall–Kier alpha value is -2.51. The Labute approximate surface area is 177 Å². The predicted molar refractivity (Wildman–Crippen MR) is 117 cm³/mol. The third-order valence-corrected chi connectivity index (χ3v) is 6.18. The summed E-state index contributed by atoms with van der Waals surface area (Å²) in [5.74, 6) is 0.390. The van der Waals surface area contributed by atoms with Crippen molar-refractivity contribution in [3.8, 4) is 0 Å². The first-order valence-electron chi connectivity index (χ1n) is 11.2. The van der Waals surface area contributed by atoms with Crippen LogP contribution in [0, 0.1) is 5.92 Å². The molecule has 0 radical (unpaired) electrons. The van der Waals surface area contributed by atoms with Gasteiger partial charge < -0.3 is 5.32 Å². The van der Waals surface area contributed by atoms with E-state index >= 15 is 0 Å². The summed E-state index contributed by atoms with van der Waals surface area (Å²) in [5.41, 5.74) is 1.47. The molecule has 1 aromatic rings. The molecule has 2 heterocycles. The van der Waals surface area contributed by atoms with Crippen LogP contribution in [-0.2, 0) is 10.2 Å². The van der Waals surface area contributed by atoms with Gasteiger partial charge in [0.05, 0.1) is 11.6 Å². The van der Waals surface area contributed by atoms with Gasteiger partial charge in [-0.15, -0.1) is 0 Å². The van der Waals surface area contributed by atoms with E-state index in [0.717, 1.165) is 62.8 Å². The van der Waals surface area contributed by atoms with Crippen LogP contribution >= 0.6 is 0 Å². The molecule has 0 spiro atoms. The molecule has 2 fully saturated rings. The van der Waals surface area contributed by atoms with E-state index in [1.807, 2.05) is 6.07 Å². The van der Waals surface area contributed by atoms with E-state index in [1.165, 1.54) is 11.1 Å². The molecule has 30 heavy (non-hydrogen) atoms. The van der Waals surface area contributed by atoms with E-state index in [1.54, 1.807) is 0 Å². The lowest BCUT2D eigenvalue weighted by Crippen LogP contribution is -2.40. The molecule has 3 amide bonds. The van der Waals surface area contributed by atoms with Gasteiger partial charge in [0.25, 0.3) is 11.9 Å². The van der Waals surface area contributed by atoms with Gasteiger partial charge in [0.15, 0.2) is 0 Å². The Bertz CT molecular complexity index is 886. The molecule has 0 aromatic carbocycles. The number of anilines is 1. The highest BCUT2D eigenvalue weighted by Crippen LogP contribution is 2.28. The standard InChI is InChI=1S/C22H32N6O2/c1-22(2,3)17-13-18(25-21(30)23-14-9-5-4-6-10-14)28(27-17)20-24-16-12-8-7-11-15(16)19(29)26-20/h13-15H,4-12H2,1-3H3,(H2,23,25,30). The topological polar surface area (TPSA) is 101 Å². The van der Waals surface area contributed by atoms with Gasteiger partial charge in [-0.1, -0.05) is 46.5 Å². The number of hydrogen-bond donors (Lipinski definition) is 2. The van der Waals surface area contributed by atoms with Crippen molar-refractivity contribution in [2.75, 3.05) is 5.32 Å². The maximum Gasteiger partial charge on any atom is 0.320 e.